The topological polar surface area (TPSA) is 50.8 Å². The van der Waals surface area contributed by atoms with Gasteiger partial charge >= 0.3 is 0 Å². The predicted molar refractivity (Wildman–Crippen MR) is 90.3 cm³/mol. The summed E-state index contributed by atoms with van der Waals surface area (Å²) in [5, 5.41) is 0.731. The molecule has 1 atom stereocenters. The highest BCUT2D eigenvalue weighted by Gasteiger charge is 2.20. The first kappa shape index (κ1) is 14.7. The van der Waals surface area contributed by atoms with E-state index in [2.05, 4.69) is 22.0 Å². The van der Waals surface area contributed by atoms with E-state index in [1.807, 2.05) is 42.5 Å². The minimum atomic E-state index is 0.0550. The third-order valence-electron chi connectivity index (χ3n) is 3.57. The van der Waals surface area contributed by atoms with Crippen molar-refractivity contribution in [3.8, 4) is 0 Å². The smallest absolute Gasteiger partial charge is 0.282 e. The Balaban J connectivity index is 1.80. The largest absolute Gasteiger partial charge is 0.463 e. The molecule has 0 bridgehead atoms. The van der Waals surface area contributed by atoms with Crippen molar-refractivity contribution in [2.75, 3.05) is 18.1 Å². The van der Waals surface area contributed by atoms with Crippen LogP contribution in [-0.2, 0) is 11.3 Å². The predicted octanol–water partition coefficient (Wildman–Crippen LogP) is 3.06. The zero-order valence-corrected chi connectivity index (χ0v) is 12.9. The highest BCUT2D eigenvalue weighted by Crippen LogP contribution is 2.21. The molecular formula is C17H18ClN3O. The number of ether oxygens (including phenoxy) is 1. The SMILES string of the molecule is NC1=NC(CN(Cc2ccccc2)c2ccc(Cl)cc2)CO1. The quantitative estimate of drug-likeness (QED) is 0.922. The van der Waals surface area contributed by atoms with E-state index in [-0.39, 0.29) is 12.1 Å². The molecule has 0 aliphatic carbocycles. The summed E-state index contributed by atoms with van der Waals surface area (Å²) in [6.07, 6.45) is 0. The van der Waals surface area contributed by atoms with E-state index in [9.17, 15) is 0 Å². The highest BCUT2D eigenvalue weighted by molar-refractivity contribution is 6.30. The van der Waals surface area contributed by atoms with Gasteiger partial charge in [0.2, 0.25) is 0 Å². The number of hydrogen-bond acceptors (Lipinski definition) is 4. The van der Waals surface area contributed by atoms with Crippen molar-refractivity contribution in [3.63, 3.8) is 0 Å². The van der Waals surface area contributed by atoms with Gasteiger partial charge in [0.1, 0.15) is 12.6 Å². The van der Waals surface area contributed by atoms with Crippen LogP contribution in [0.5, 0.6) is 0 Å². The van der Waals surface area contributed by atoms with Gasteiger partial charge in [-0.3, -0.25) is 0 Å². The van der Waals surface area contributed by atoms with Crippen LogP contribution in [0.15, 0.2) is 59.6 Å². The molecule has 0 aromatic heterocycles. The number of nitrogens with zero attached hydrogens (tertiary/aromatic N) is 2. The van der Waals surface area contributed by atoms with Crippen LogP contribution in [0.2, 0.25) is 5.02 Å². The number of aliphatic imine (C=N–C) groups is 1. The molecular weight excluding hydrogens is 298 g/mol. The van der Waals surface area contributed by atoms with Crippen LogP contribution in [0.3, 0.4) is 0 Å². The lowest BCUT2D eigenvalue weighted by Crippen LogP contribution is -2.32. The molecule has 1 unspecified atom stereocenters. The van der Waals surface area contributed by atoms with Crippen molar-refractivity contribution in [3.05, 3.63) is 65.2 Å². The van der Waals surface area contributed by atoms with Gasteiger partial charge in [-0.15, -0.1) is 0 Å². The molecule has 0 amide bonds. The van der Waals surface area contributed by atoms with Crippen LogP contribution in [0.25, 0.3) is 0 Å². The van der Waals surface area contributed by atoms with Gasteiger partial charge in [-0.25, -0.2) is 4.99 Å². The van der Waals surface area contributed by atoms with Crippen molar-refractivity contribution in [1.29, 1.82) is 0 Å². The van der Waals surface area contributed by atoms with Gasteiger partial charge in [0, 0.05) is 23.8 Å². The summed E-state index contributed by atoms with van der Waals surface area (Å²) in [6.45, 7) is 2.08. The van der Waals surface area contributed by atoms with Gasteiger partial charge in [0.05, 0.1) is 0 Å². The minimum Gasteiger partial charge on any atom is -0.463 e. The van der Waals surface area contributed by atoms with Crippen LogP contribution < -0.4 is 10.6 Å². The standard InChI is InChI=1S/C17H18ClN3O/c18-14-6-8-16(9-7-14)21(10-13-4-2-1-3-5-13)11-15-12-22-17(19)20-15/h1-9,15H,10-12H2,(H2,19,20). The zero-order valence-electron chi connectivity index (χ0n) is 12.2. The molecule has 5 heteroatoms. The van der Waals surface area contributed by atoms with Gasteiger partial charge in [0.15, 0.2) is 0 Å². The summed E-state index contributed by atoms with van der Waals surface area (Å²) in [5.41, 5.74) is 7.95. The van der Waals surface area contributed by atoms with Crippen molar-refractivity contribution < 1.29 is 4.74 Å². The lowest BCUT2D eigenvalue weighted by Gasteiger charge is -2.26. The fourth-order valence-corrected chi connectivity index (χ4v) is 2.63. The molecule has 2 N–H and O–H groups in total. The van der Waals surface area contributed by atoms with Crippen LogP contribution in [0.1, 0.15) is 5.56 Å². The summed E-state index contributed by atoms with van der Waals surface area (Å²) in [4.78, 5) is 6.58. The Bertz CT molecular complexity index is 643. The first-order valence-corrected chi connectivity index (χ1v) is 7.59. The van der Waals surface area contributed by atoms with Gasteiger partial charge in [-0.05, 0) is 29.8 Å². The molecule has 0 saturated carbocycles. The highest BCUT2D eigenvalue weighted by atomic mass is 35.5. The second-order valence-electron chi connectivity index (χ2n) is 5.27. The summed E-state index contributed by atoms with van der Waals surface area (Å²) in [5.74, 6) is 0. The second-order valence-corrected chi connectivity index (χ2v) is 5.71. The number of hydrogen-bond donors (Lipinski definition) is 1. The monoisotopic (exact) mass is 315 g/mol. The normalized spacial score (nSPS) is 17.0. The van der Waals surface area contributed by atoms with Crippen LogP contribution in [-0.4, -0.2) is 25.2 Å². The zero-order chi connectivity index (χ0) is 15.4. The number of amidine groups is 1. The second kappa shape index (κ2) is 6.71. The van der Waals surface area contributed by atoms with Crippen LogP contribution in [0.4, 0.5) is 5.69 Å². The molecule has 114 valence electrons. The molecule has 0 radical (unpaired) electrons. The maximum atomic E-state index is 5.99. The van der Waals surface area contributed by atoms with E-state index in [0.717, 1.165) is 23.8 Å². The maximum absolute atomic E-state index is 5.99. The van der Waals surface area contributed by atoms with E-state index in [1.165, 1.54) is 5.56 Å². The fourth-order valence-electron chi connectivity index (χ4n) is 2.50. The van der Waals surface area contributed by atoms with Crippen LogP contribution in [0, 0.1) is 0 Å². The number of nitrogens with two attached hydrogens (primary N) is 1. The Kier molecular flexibility index (Phi) is 4.49. The van der Waals surface area contributed by atoms with E-state index in [4.69, 9.17) is 22.1 Å². The van der Waals surface area contributed by atoms with E-state index in [0.29, 0.717) is 6.61 Å². The number of anilines is 1. The van der Waals surface area contributed by atoms with E-state index < -0.39 is 0 Å². The summed E-state index contributed by atoms with van der Waals surface area (Å²) < 4.78 is 5.25. The third-order valence-corrected chi connectivity index (χ3v) is 3.82. The molecule has 0 fully saturated rings. The fraction of sp³-hybridized carbons (Fsp3) is 0.235. The molecule has 0 saturated heterocycles. The average molecular weight is 316 g/mol. The average Bonchev–Trinajstić information content (AvgIpc) is 2.94. The Morgan fingerprint density at radius 2 is 1.86 bits per heavy atom. The molecule has 1 heterocycles. The Labute approximate surface area is 135 Å². The number of benzene rings is 2. The molecule has 2 aromatic carbocycles. The molecule has 2 aromatic rings. The first-order valence-electron chi connectivity index (χ1n) is 7.21. The van der Waals surface area contributed by atoms with Gasteiger partial charge in [-0.2, -0.15) is 0 Å². The lowest BCUT2D eigenvalue weighted by atomic mass is 10.1. The van der Waals surface area contributed by atoms with Crippen molar-refractivity contribution in [2.24, 2.45) is 10.7 Å². The third kappa shape index (κ3) is 3.71. The first-order chi connectivity index (χ1) is 10.7. The number of halogens is 1. The maximum Gasteiger partial charge on any atom is 0.282 e. The lowest BCUT2D eigenvalue weighted by molar-refractivity contribution is 0.313. The summed E-state index contributed by atoms with van der Waals surface area (Å²) in [6, 6.07) is 18.5. The van der Waals surface area contributed by atoms with E-state index >= 15 is 0 Å². The van der Waals surface area contributed by atoms with Gasteiger partial charge < -0.3 is 15.4 Å². The molecule has 1 aliphatic heterocycles. The van der Waals surface area contributed by atoms with Gasteiger partial charge in [0.25, 0.3) is 6.02 Å². The van der Waals surface area contributed by atoms with Crippen molar-refractivity contribution >= 4 is 23.3 Å². The van der Waals surface area contributed by atoms with E-state index in [1.54, 1.807) is 0 Å². The molecule has 1 aliphatic rings. The Morgan fingerprint density at radius 1 is 1.14 bits per heavy atom. The summed E-state index contributed by atoms with van der Waals surface area (Å²) >= 11 is 5.99. The molecule has 3 rings (SSSR count). The minimum absolute atomic E-state index is 0.0550. The molecule has 22 heavy (non-hydrogen) atoms. The Morgan fingerprint density at radius 3 is 2.50 bits per heavy atom. The van der Waals surface area contributed by atoms with Crippen molar-refractivity contribution in [2.45, 2.75) is 12.6 Å². The Hall–Kier alpha value is -2.20. The number of rotatable bonds is 5. The van der Waals surface area contributed by atoms with Crippen LogP contribution >= 0.6 is 11.6 Å². The molecule has 0 spiro atoms. The summed E-state index contributed by atoms with van der Waals surface area (Å²) in [7, 11) is 0. The molecule has 4 nitrogen and oxygen atoms in total. The van der Waals surface area contributed by atoms with Crippen molar-refractivity contribution in [1.82, 2.24) is 0 Å². The van der Waals surface area contributed by atoms with Gasteiger partial charge in [-0.1, -0.05) is 41.9 Å².